The van der Waals surface area contributed by atoms with Crippen LogP contribution in [-0.2, 0) is 77.5 Å². The van der Waals surface area contributed by atoms with Gasteiger partial charge in [-0.1, -0.05) is 266 Å². The topological polar surface area (TPSA) is 137 Å². The van der Waals surface area contributed by atoms with Crippen molar-refractivity contribution in [3.05, 3.63) is 226 Å². The Morgan fingerprint density at radius 3 is 1.35 bits per heavy atom. The van der Waals surface area contributed by atoms with Gasteiger partial charge in [0.1, 0.15) is 36.6 Å². The van der Waals surface area contributed by atoms with E-state index in [4.69, 9.17) is 37.9 Å². The number of tetrazole rings is 1. The number of aromatic amines is 1. The normalized spacial score (nSPS) is 18.4. The fourth-order valence-electron chi connectivity index (χ4n) is 10.3. The number of H-pyrrole nitrogens is 1. The Morgan fingerprint density at radius 2 is 0.887 bits per heavy atom. The van der Waals surface area contributed by atoms with Gasteiger partial charge >= 0.3 is 5.69 Å². The zero-order chi connectivity index (χ0) is 55.1. The summed E-state index contributed by atoms with van der Waals surface area (Å²) < 4.78 is 57.2. The lowest BCUT2D eigenvalue weighted by Crippen LogP contribution is -2.62. The summed E-state index contributed by atoms with van der Waals surface area (Å²) in [4.78, 5) is 14.0. The molecule has 0 amide bonds. The summed E-state index contributed by atoms with van der Waals surface area (Å²) in [5.74, 6) is 0. The van der Waals surface area contributed by atoms with Gasteiger partial charge in [0.25, 0.3) is 0 Å². The molecule has 1 saturated heterocycles. The van der Waals surface area contributed by atoms with Gasteiger partial charge in [-0.15, -0.1) is 0 Å². The Hall–Kier alpha value is -6.13. The highest BCUT2D eigenvalue weighted by atomic mass is 16.7. The maximum Gasteiger partial charge on any atom is 0.361 e. The van der Waals surface area contributed by atoms with Crippen molar-refractivity contribution in [3.63, 3.8) is 0 Å². The summed E-state index contributed by atoms with van der Waals surface area (Å²) in [6.45, 7) is 4.02. The van der Waals surface area contributed by atoms with Crippen LogP contribution in [0.2, 0.25) is 0 Å². The van der Waals surface area contributed by atoms with Gasteiger partial charge < -0.3 is 37.9 Å². The molecule has 0 aliphatic carbocycles. The van der Waals surface area contributed by atoms with Crippen molar-refractivity contribution in [2.75, 3.05) is 13.2 Å². The Morgan fingerprint density at radius 1 is 0.475 bits per heavy atom. The first-order chi connectivity index (χ1) is 39.6. The second-order valence-corrected chi connectivity index (χ2v) is 21.0. The largest absolute Gasteiger partial charge is 0.374 e. The van der Waals surface area contributed by atoms with Gasteiger partial charge in [0.15, 0.2) is 6.29 Å². The van der Waals surface area contributed by atoms with Crippen LogP contribution in [0.4, 0.5) is 0 Å². The van der Waals surface area contributed by atoms with Gasteiger partial charge in [-0.25, -0.2) is 9.89 Å². The van der Waals surface area contributed by atoms with E-state index in [1.54, 1.807) is 0 Å². The fraction of sp³-hybridized carbons (Fsp3) is 0.448. The molecule has 0 bridgehead atoms. The van der Waals surface area contributed by atoms with E-state index in [0.717, 1.165) is 52.6 Å². The zero-order valence-corrected chi connectivity index (χ0v) is 46.8. The SMILES string of the molecule is CCCCCCCCCCCCCC[C@@H](OCc1ccccc1)[C@@H](OCc1ccccc1)[C@H](CO[C@H]1O[C@H](COCc2ccccc2)[C@H](OCc2ccccc2)[C@H](OCc2ccccc2)[C@H]1OCc1ccccc1)n1nn[nH]c1=O. The molecule has 1 aliphatic rings. The van der Waals surface area contributed by atoms with Crippen LogP contribution < -0.4 is 5.69 Å². The fourth-order valence-corrected chi connectivity index (χ4v) is 10.3. The van der Waals surface area contributed by atoms with Crippen LogP contribution in [0.15, 0.2) is 187 Å². The smallest absolute Gasteiger partial charge is 0.361 e. The lowest BCUT2D eigenvalue weighted by molar-refractivity contribution is -0.331. The summed E-state index contributed by atoms with van der Waals surface area (Å²) in [5.41, 5.74) is 5.45. The molecule has 0 spiro atoms. The third kappa shape index (κ3) is 20.1. The van der Waals surface area contributed by atoms with Gasteiger partial charge in [-0.05, 0) is 50.2 Å². The monoisotopic (exact) mass is 1090 g/mol. The van der Waals surface area contributed by atoms with Crippen LogP contribution in [0.3, 0.4) is 0 Å². The van der Waals surface area contributed by atoms with Crippen molar-refractivity contribution in [1.82, 2.24) is 20.2 Å². The highest BCUT2D eigenvalue weighted by molar-refractivity contribution is 5.18. The van der Waals surface area contributed by atoms with Crippen molar-refractivity contribution in [1.29, 1.82) is 0 Å². The third-order valence-corrected chi connectivity index (χ3v) is 14.8. The molecule has 7 aromatic rings. The van der Waals surface area contributed by atoms with Crippen LogP contribution in [0.5, 0.6) is 0 Å². The maximum atomic E-state index is 14.0. The molecule has 1 aromatic heterocycles. The van der Waals surface area contributed by atoms with Crippen LogP contribution >= 0.6 is 0 Å². The van der Waals surface area contributed by atoms with E-state index in [-0.39, 0.29) is 39.6 Å². The molecule has 0 unspecified atom stereocenters. The van der Waals surface area contributed by atoms with E-state index >= 15 is 0 Å². The molecule has 8 atom stereocenters. The first-order valence-electron chi connectivity index (χ1n) is 29.3. The second-order valence-electron chi connectivity index (χ2n) is 21.0. The summed E-state index contributed by atoms with van der Waals surface area (Å²) in [6.07, 6.45) is 10.1. The average molecular weight is 1090 g/mol. The third-order valence-electron chi connectivity index (χ3n) is 14.8. The minimum Gasteiger partial charge on any atom is -0.374 e. The molecular formula is C67H84N4O9. The highest BCUT2D eigenvalue weighted by Crippen LogP contribution is 2.34. The van der Waals surface area contributed by atoms with Gasteiger partial charge in [0, 0.05) is 0 Å². The Balaban J connectivity index is 1.11. The van der Waals surface area contributed by atoms with Crippen LogP contribution in [0.25, 0.3) is 0 Å². The summed E-state index contributed by atoms with van der Waals surface area (Å²) >= 11 is 0. The highest BCUT2D eigenvalue weighted by Gasteiger charge is 2.50. The van der Waals surface area contributed by atoms with Gasteiger partial charge in [-0.3, -0.25) is 0 Å². The molecule has 80 heavy (non-hydrogen) atoms. The van der Waals surface area contributed by atoms with Gasteiger partial charge in [0.05, 0.1) is 59.0 Å². The molecule has 13 heteroatoms. The molecule has 1 fully saturated rings. The number of unbranched alkanes of at least 4 members (excludes halogenated alkanes) is 11. The number of nitrogens with one attached hydrogen (secondary N) is 1. The van der Waals surface area contributed by atoms with Crippen LogP contribution in [-0.4, -0.2) is 76.3 Å². The molecule has 6 aromatic carbocycles. The second kappa shape index (κ2) is 34.9. The first kappa shape index (κ1) is 60.0. The number of nitrogens with zero attached hydrogens (tertiary/aromatic N) is 3. The summed E-state index contributed by atoms with van der Waals surface area (Å²) in [7, 11) is 0. The number of ether oxygens (including phenoxy) is 8. The van der Waals surface area contributed by atoms with Crippen LogP contribution in [0, 0.1) is 0 Å². The van der Waals surface area contributed by atoms with Crippen molar-refractivity contribution in [3.8, 4) is 0 Å². The molecular weight excluding hydrogens is 1000 g/mol. The van der Waals surface area contributed by atoms with Crippen molar-refractivity contribution >= 4 is 0 Å². The number of aromatic nitrogens is 4. The van der Waals surface area contributed by atoms with Crippen molar-refractivity contribution in [2.24, 2.45) is 0 Å². The lowest BCUT2D eigenvalue weighted by Gasteiger charge is -2.46. The first-order valence-corrected chi connectivity index (χ1v) is 29.3. The Kier molecular flexibility index (Phi) is 26.2. The van der Waals surface area contributed by atoms with E-state index in [1.807, 2.05) is 170 Å². The Labute approximate surface area is 474 Å². The molecule has 0 saturated carbocycles. The number of rotatable bonds is 38. The minimum absolute atomic E-state index is 0.107. The van der Waals surface area contributed by atoms with Crippen LogP contribution in [0.1, 0.15) is 130 Å². The quantitative estimate of drug-likeness (QED) is 0.0370. The number of hydrogen-bond acceptors (Lipinski definition) is 11. The number of benzene rings is 6. The maximum absolute atomic E-state index is 14.0. The van der Waals surface area contributed by atoms with E-state index in [9.17, 15) is 4.79 Å². The molecule has 13 nitrogen and oxygen atoms in total. The van der Waals surface area contributed by atoms with Crippen molar-refractivity contribution in [2.45, 2.75) is 179 Å². The van der Waals surface area contributed by atoms with E-state index < -0.39 is 54.6 Å². The molecule has 426 valence electrons. The summed E-state index contributed by atoms with van der Waals surface area (Å²) in [6, 6.07) is 59.5. The zero-order valence-electron chi connectivity index (χ0n) is 46.8. The lowest BCUT2D eigenvalue weighted by atomic mass is 9.97. The predicted octanol–water partition coefficient (Wildman–Crippen LogP) is 13.5. The standard InChI is InChI=1S/C67H84N4O9/c1-2-3-4-5-6-7-8-9-10-11-12-31-44-60(74-46-54-34-21-14-22-35-54)62(75-47-55-36-23-15-24-37-55)59(71-67(72)68-69-70-71)51-79-66-65(78-50-58-42-29-18-30-43-58)64(77-49-57-40-27-17-28-41-57)63(76-48-56-38-25-16-26-39-56)61(80-66)52-73-45-53-32-19-13-20-33-53/h13-30,32-43,59-66H,2-12,31,44-52H2,1H3,(H,68,70,72)/t59-,60+,61+,62-,63-,64-,65+,66-/m0/s1. The van der Waals surface area contributed by atoms with Crippen molar-refractivity contribution < 1.29 is 37.9 Å². The summed E-state index contributed by atoms with van der Waals surface area (Å²) in [5, 5.41) is 11.0. The molecule has 2 heterocycles. The average Bonchev–Trinajstić information content (AvgIpc) is 3.95. The molecule has 1 N–H and O–H groups in total. The van der Waals surface area contributed by atoms with Gasteiger partial charge in [-0.2, -0.15) is 4.68 Å². The van der Waals surface area contributed by atoms with E-state index in [1.165, 1.54) is 62.5 Å². The predicted molar refractivity (Wildman–Crippen MR) is 311 cm³/mol. The van der Waals surface area contributed by atoms with Gasteiger partial charge in [0.2, 0.25) is 0 Å². The Bertz CT molecular complexity index is 2720. The van der Waals surface area contributed by atoms with E-state index in [0.29, 0.717) is 19.6 Å². The molecule has 1 aliphatic heterocycles. The number of hydrogen-bond donors (Lipinski definition) is 1. The van der Waals surface area contributed by atoms with E-state index in [2.05, 4.69) is 34.6 Å². The minimum atomic E-state index is -1.07. The molecule has 8 rings (SSSR count). The molecule has 0 radical (unpaired) electrons.